The van der Waals surface area contributed by atoms with Crippen LogP contribution in [0.3, 0.4) is 0 Å². The summed E-state index contributed by atoms with van der Waals surface area (Å²) in [7, 11) is 2.73. The summed E-state index contributed by atoms with van der Waals surface area (Å²) in [5, 5.41) is 0. The lowest BCUT2D eigenvalue weighted by Gasteiger charge is -2.13. The highest BCUT2D eigenvalue weighted by Crippen LogP contribution is 2.23. The van der Waals surface area contributed by atoms with Gasteiger partial charge < -0.3 is 18.9 Å². The summed E-state index contributed by atoms with van der Waals surface area (Å²) < 4.78 is 20.2. The first-order chi connectivity index (χ1) is 13.5. The van der Waals surface area contributed by atoms with Crippen LogP contribution in [-0.4, -0.2) is 45.3 Å². The summed E-state index contributed by atoms with van der Waals surface area (Å²) >= 11 is 0. The molecular formula is C21H30O7. The number of carbonyl (C=O) groups is 3. The number of hydrogen-bond donors (Lipinski definition) is 0. The van der Waals surface area contributed by atoms with E-state index in [1.165, 1.54) is 21.1 Å². The fourth-order valence-electron chi connectivity index (χ4n) is 2.59. The van der Waals surface area contributed by atoms with Crippen molar-refractivity contribution < 1.29 is 33.3 Å². The fraction of sp³-hybridized carbons (Fsp3) is 0.571. The van der Waals surface area contributed by atoms with Crippen LogP contribution in [0.2, 0.25) is 0 Å². The lowest BCUT2D eigenvalue weighted by molar-refractivity contribution is -0.141. The predicted octanol–water partition coefficient (Wildman–Crippen LogP) is 3.01. The third-order valence-corrected chi connectivity index (χ3v) is 4.15. The number of methoxy groups -OCH3 is 2. The van der Waals surface area contributed by atoms with Crippen LogP contribution < -0.4 is 4.74 Å². The molecule has 0 saturated carbocycles. The number of aryl methyl sites for hydroxylation is 2. The van der Waals surface area contributed by atoms with Crippen molar-refractivity contribution in [2.24, 2.45) is 0 Å². The molecule has 0 amide bonds. The third-order valence-electron chi connectivity index (χ3n) is 4.15. The number of esters is 3. The Hall–Kier alpha value is -2.57. The maximum atomic E-state index is 11.5. The average molecular weight is 394 g/mol. The van der Waals surface area contributed by atoms with Gasteiger partial charge in [0.2, 0.25) is 0 Å². The number of benzene rings is 1. The van der Waals surface area contributed by atoms with E-state index in [2.05, 4.69) is 4.74 Å². The van der Waals surface area contributed by atoms with E-state index in [-0.39, 0.29) is 24.3 Å². The maximum absolute atomic E-state index is 11.5. The summed E-state index contributed by atoms with van der Waals surface area (Å²) in [6.45, 7) is 2.36. The number of carbonyl (C=O) groups excluding carboxylic acids is 3. The second-order valence-corrected chi connectivity index (χ2v) is 6.34. The van der Waals surface area contributed by atoms with Crippen LogP contribution in [0.15, 0.2) is 18.2 Å². The molecule has 0 atom stereocenters. The zero-order valence-electron chi connectivity index (χ0n) is 17.0. The van der Waals surface area contributed by atoms with Gasteiger partial charge in [-0.25, -0.2) is 0 Å². The quantitative estimate of drug-likeness (QED) is 0.289. The molecule has 0 aliphatic heterocycles. The van der Waals surface area contributed by atoms with Crippen molar-refractivity contribution in [1.29, 1.82) is 0 Å². The van der Waals surface area contributed by atoms with Gasteiger partial charge in [-0.1, -0.05) is 12.1 Å². The van der Waals surface area contributed by atoms with E-state index in [0.717, 1.165) is 36.1 Å². The van der Waals surface area contributed by atoms with Gasteiger partial charge in [0.1, 0.15) is 5.75 Å². The third kappa shape index (κ3) is 9.94. The van der Waals surface area contributed by atoms with E-state index in [0.29, 0.717) is 32.5 Å². The average Bonchev–Trinajstić information content (AvgIpc) is 2.69. The summed E-state index contributed by atoms with van der Waals surface area (Å²) in [6, 6.07) is 5.75. The van der Waals surface area contributed by atoms with Gasteiger partial charge in [-0.05, 0) is 49.3 Å². The standard InChI is InChI=1S/C21H30O7/c1-16(22)27-13-5-4-6-14-28-19-10-7-17(8-11-20(23)25-2)15-18(19)9-12-21(24)26-3/h7,10,15H,4-6,8-9,11-14H2,1-3H3. The Morgan fingerprint density at radius 2 is 1.50 bits per heavy atom. The van der Waals surface area contributed by atoms with Crippen LogP contribution in [0.4, 0.5) is 0 Å². The molecule has 0 radical (unpaired) electrons. The van der Waals surface area contributed by atoms with Crippen LogP contribution in [0.1, 0.15) is 50.2 Å². The van der Waals surface area contributed by atoms with Crippen LogP contribution >= 0.6 is 0 Å². The van der Waals surface area contributed by atoms with Crippen molar-refractivity contribution >= 4 is 17.9 Å². The van der Waals surface area contributed by atoms with E-state index in [1.54, 1.807) is 0 Å². The van der Waals surface area contributed by atoms with Crippen molar-refractivity contribution in [2.45, 2.75) is 51.9 Å². The molecule has 7 nitrogen and oxygen atoms in total. The molecule has 1 aromatic carbocycles. The molecule has 7 heteroatoms. The van der Waals surface area contributed by atoms with Crippen molar-refractivity contribution in [3.63, 3.8) is 0 Å². The van der Waals surface area contributed by atoms with E-state index < -0.39 is 0 Å². The molecular weight excluding hydrogens is 364 g/mol. The molecule has 0 aliphatic carbocycles. The normalized spacial score (nSPS) is 10.2. The monoisotopic (exact) mass is 394 g/mol. The zero-order valence-corrected chi connectivity index (χ0v) is 17.0. The van der Waals surface area contributed by atoms with Gasteiger partial charge in [0.05, 0.1) is 27.4 Å². The summed E-state index contributed by atoms with van der Waals surface area (Å²) in [5.74, 6) is -0.0777. The number of unbranched alkanes of at least 4 members (excludes halogenated alkanes) is 2. The van der Waals surface area contributed by atoms with Gasteiger partial charge >= 0.3 is 17.9 Å². The fourth-order valence-corrected chi connectivity index (χ4v) is 2.59. The highest BCUT2D eigenvalue weighted by atomic mass is 16.5. The van der Waals surface area contributed by atoms with Crippen molar-refractivity contribution in [3.8, 4) is 5.75 Å². The number of hydrogen-bond acceptors (Lipinski definition) is 7. The van der Waals surface area contributed by atoms with Gasteiger partial charge in [0.25, 0.3) is 0 Å². The second kappa shape index (κ2) is 13.6. The largest absolute Gasteiger partial charge is 0.493 e. The van der Waals surface area contributed by atoms with Crippen molar-refractivity contribution in [1.82, 2.24) is 0 Å². The lowest BCUT2D eigenvalue weighted by Crippen LogP contribution is -2.07. The summed E-state index contributed by atoms with van der Waals surface area (Å²) in [5.41, 5.74) is 1.90. The van der Waals surface area contributed by atoms with Crippen LogP contribution in [-0.2, 0) is 41.4 Å². The Labute approximate surface area is 166 Å². The maximum Gasteiger partial charge on any atom is 0.305 e. The summed E-state index contributed by atoms with van der Waals surface area (Å²) in [6.07, 6.45) is 4.15. The Bertz CT molecular complexity index is 640. The van der Waals surface area contributed by atoms with Gasteiger partial charge in [0, 0.05) is 19.8 Å². The molecule has 28 heavy (non-hydrogen) atoms. The molecule has 0 spiro atoms. The first-order valence-electron chi connectivity index (χ1n) is 9.47. The van der Waals surface area contributed by atoms with Gasteiger partial charge in [0.15, 0.2) is 0 Å². The highest BCUT2D eigenvalue weighted by Gasteiger charge is 2.10. The van der Waals surface area contributed by atoms with E-state index in [1.807, 2.05) is 18.2 Å². The summed E-state index contributed by atoms with van der Waals surface area (Å²) in [4.78, 5) is 33.5. The molecule has 0 unspecified atom stereocenters. The van der Waals surface area contributed by atoms with E-state index >= 15 is 0 Å². The van der Waals surface area contributed by atoms with Crippen molar-refractivity contribution in [3.05, 3.63) is 29.3 Å². The molecule has 0 fully saturated rings. The minimum atomic E-state index is -0.281. The molecule has 1 aromatic rings. The van der Waals surface area contributed by atoms with Gasteiger partial charge in [-0.2, -0.15) is 0 Å². The number of rotatable bonds is 13. The second-order valence-electron chi connectivity index (χ2n) is 6.34. The topological polar surface area (TPSA) is 88.1 Å². The minimum Gasteiger partial charge on any atom is -0.493 e. The molecule has 0 aromatic heterocycles. The number of ether oxygens (including phenoxy) is 4. The first kappa shape index (κ1) is 23.5. The van der Waals surface area contributed by atoms with Gasteiger partial charge in [-0.3, -0.25) is 14.4 Å². The smallest absolute Gasteiger partial charge is 0.305 e. The van der Waals surface area contributed by atoms with Gasteiger partial charge in [-0.15, -0.1) is 0 Å². The molecule has 0 bridgehead atoms. The SMILES string of the molecule is COC(=O)CCc1ccc(OCCCCCOC(C)=O)c(CCC(=O)OC)c1. The first-order valence-corrected chi connectivity index (χ1v) is 9.47. The van der Waals surface area contributed by atoms with Crippen molar-refractivity contribution in [2.75, 3.05) is 27.4 Å². The highest BCUT2D eigenvalue weighted by molar-refractivity contribution is 5.70. The Balaban J connectivity index is 2.59. The molecule has 156 valence electrons. The molecule has 0 heterocycles. The van der Waals surface area contributed by atoms with E-state index in [4.69, 9.17) is 14.2 Å². The van der Waals surface area contributed by atoms with E-state index in [9.17, 15) is 14.4 Å². The Morgan fingerprint density at radius 3 is 2.14 bits per heavy atom. The molecule has 0 aliphatic rings. The zero-order chi connectivity index (χ0) is 20.8. The Morgan fingerprint density at radius 1 is 0.857 bits per heavy atom. The molecule has 0 N–H and O–H groups in total. The Kier molecular flexibility index (Phi) is 11.4. The molecule has 1 rings (SSSR count). The van der Waals surface area contributed by atoms with Crippen LogP contribution in [0.5, 0.6) is 5.75 Å². The predicted molar refractivity (Wildman–Crippen MR) is 103 cm³/mol. The van der Waals surface area contributed by atoms with Crippen LogP contribution in [0.25, 0.3) is 0 Å². The minimum absolute atomic E-state index is 0.259. The molecule has 0 saturated heterocycles. The van der Waals surface area contributed by atoms with Crippen LogP contribution in [0, 0.1) is 0 Å². The lowest BCUT2D eigenvalue weighted by atomic mass is 10.0.